The Morgan fingerprint density at radius 3 is 2.07 bits per heavy atom. The van der Waals surface area contributed by atoms with Crippen LogP contribution in [-0.4, -0.2) is 30.8 Å². The Hall–Kier alpha value is 0.0900. The predicted octanol–water partition coefficient (Wildman–Crippen LogP) is 4.64. The Labute approximate surface area is 95.8 Å². The third-order valence-electron chi connectivity index (χ3n) is 3.91. The third-order valence-corrected chi connectivity index (χ3v) is 8.88. The van der Waals surface area contributed by atoms with Crippen LogP contribution in [0.5, 0.6) is 0 Å². The van der Waals surface area contributed by atoms with Gasteiger partial charge in [-0.1, -0.05) is 32.3 Å². The highest BCUT2D eigenvalue weighted by molar-refractivity contribution is 8.65. The van der Waals surface area contributed by atoms with Crippen molar-refractivity contribution >= 4 is 8.29 Å². The Balaban J connectivity index is 2.61. The van der Waals surface area contributed by atoms with Crippen molar-refractivity contribution in [2.45, 2.75) is 45.4 Å². The van der Waals surface area contributed by atoms with E-state index in [2.05, 4.69) is 38.0 Å². The van der Waals surface area contributed by atoms with Gasteiger partial charge in [-0.3, -0.25) is 8.29 Å². The van der Waals surface area contributed by atoms with Crippen molar-refractivity contribution in [2.75, 3.05) is 30.8 Å². The second-order valence-corrected chi connectivity index (χ2v) is 17.6. The minimum atomic E-state index is -1.82. The summed E-state index contributed by atoms with van der Waals surface area (Å²) in [5.74, 6) is 1.44. The lowest BCUT2D eigenvalue weighted by molar-refractivity contribution is 0.703. The largest absolute Gasteiger partial charge is 0.266 e. The van der Waals surface area contributed by atoms with Crippen molar-refractivity contribution in [3.8, 4) is 0 Å². The first-order chi connectivity index (χ1) is 6.68. The van der Waals surface area contributed by atoms with Crippen LogP contribution >= 0.6 is 8.29 Å². The summed E-state index contributed by atoms with van der Waals surface area (Å²) in [5.41, 5.74) is 0. The third kappa shape index (κ3) is 3.27. The fourth-order valence-corrected chi connectivity index (χ4v) is 6.19. The van der Waals surface area contributed by atoms with E-state index in [1.165, 1.54) is 44.3 Å². The van der Waals surface area contributed by atoms with E-state index in [9.17, 15) is 0 Å². The minimum Gasteiger partial charge on any atom is -0.266 e. The van der Waals surface area contributed by atoms with E-state index in [0.717, 1.165) is 0 Å². The Bertz CT molecular complexity index is 262. The molecular weight excluding hydrogens is 200 g/mol. The van der Waals surface area contributed by atoms with Gasteiger partial charge in [0, 0.05) is 0 Å². The van der Waals surface area contributed by atoms with Crippen molar-refractivity contribution < 1.29 is 0 Å². The maximum Gasteiger partial charge on any atom is -0.0214 e. The van der Waals surface area contributed by atoms with E-state index in [4.69, 9.17) is 0 Å². The standard InChI is InChI=1S/C14H30S/c1-6-7-8-9-13-15(2,3,4,5)14-11-10-12-14/h11H,6-10,12-13H2,1-5H3. The molecular formula is C14H30S. The summed E-state index contributed by atoms with van der Waals surface area (Å²) in [6.45, 7) is 2.29. The molecule has 0 bridgehead atoms. The Kier molecular flexibility index (Phi) is 3.11. The lowest BCUT2D eigenvalue weighted by Gasteiger charge is -2.72. The Morgan fingerprint density at radius 1 is 1.07 bits per heavy atom. The summed E-state index contributed by atoms with van der Waals surface area (Å²) in [7, 11) is -1.82. The van der Waals surface area contributed by atoms with Crippen molar-refractivity contribution in [3.63, 3.8) is 0 Å². The van der Waals surface area contributed by atoms with E-state index in [1.54, 1.807) is 4.91 Å². The van der Waals surface area contributed by atoms with E-state index in [1.807, 2.05) is 0 Å². The number of rotatable bonds is 6. The monoisotopic (exact) mass is 230 g/mol. The predicted molar refractivity (Wildman–Crippen MR) is 77.6 cm³/mol. The molecule has 0 fully saturated rings. The molecule has 0 aromatic rings. The van der Waals surface area contributed by atoms with Crippen molar-refractivity contribution in [2.24, 2.45) is 0 Å². The molecule has 15 heavy (non-hydrogen) atoms. The van der Waals surface area contributed by atoms with Gasteiger partial charge in [-0.25, -0.2) is 0 Å². The van der Waals surface area contributed by atoms with Gasteiger partial charge in [0.25, 0.3) is 0 Å². The van der Waals surface area contributed by atoms with Crippen molar-refractivity contribution in [3.05, 3.63) is 11.0 Å². The molecule has 0 unspecified atom stereocenters. The second-order valence-electron chi connectivity index (χ2n) is 7.54. The molecule has 0 aliphatic heterocycles. The molecule has 0 N–H and O–H groups in total. The molecule has 1 aliphatic rings. The zero-order valence-corrected chi connectivity index (χ0v) is 12.3. The summed E-state index contributed by atoms with van der Waals surface area (Å²) < 4.78 is 0. The molecule has 1 heteroatoms. The first kappa shape index (κ1) is 13.2. The van der Waals surface area contributed by atoms with Crippen LogP contribution < -0.4 is 0 Å². The van der Waals surface area contributed by atoms with Gasteiger partial charge in [-0.15, -0.1) is 0 Å². The van der Waals surface area contributed by atoms with Crippen LogP contribution in [0.25, 0.3) is 0 Å². The van der Waals surface area contributed by atoms with E-state index in [0.29, 0.717) is 0 Å². The van der Waals surface area contributed by atoms with E-state index < -0.39 is 8.29 Å². The first-order valence-corrected chi connectivity index (χ1v) is 10.6. The molecule has 0 atom stereocenters. The molecule has 1 aliphatic carbocycles. The summed E-state index contributed by atoms with van der Waals surface area (Å²) in [5, 5.41) is 0. The minimum absolute atomic E-state index is 1.33. The first-order valence-electron chi connectivity index (χ1n) is 6.38. The van der Waals surface area contributed by atoms with Gasteiger partial charge in [0.1, 0.15) is 0 Å². The zero-order chi connectivity index (χ0) is 11.6. The number of hydrogen-bond acceptors (Lipinski definition) is 0. The maximum absolute atomic E-state index is 2.57. The average Bonchev–Trinajstić information content (AvgIpc) is 1.91. The Morgan fingerprint density at radius 2 is 1.67 bits per heavy atom. The second kappa shape index (κ2) is 3.55. The average molecular weight is 230 g/mol. The highest BCUT2D eigenvalue weighted by atomic mass is 32.4. The van der Waals surface area contributed by atoms with E-state index in [-0.39, 0.29) is 0 Å². The summed E-state index contributed by atoms with van der Waals surface area (Å²) in [4.78, 5) is 1.80. The SMILES string of the molecule is CCCCCCS(C)(C)(C)(C)C1=CCC1. The van der Waals surface area contributed by atoms with Gasteiger partial charge in [-0.2, -0.15) is 0 Å². The van der Waals surface area contributed by atoms with E-state index >= 15 is 0 Å². The number of hydrogen-bond donors (Lipinski definition) is 0. The molecule has 92 valence electrons. The molecule has 0 heterocycles. The number of unbranched alkanes of at least 4 members (excludes halogenated alkanes) is 3. The maximum atomic E-state index is 2.57. The molecule has 0 nitrogen and oxygen atoms in total. The quantitative estimate of drug-likeness (QED) is 0.583. The molecule has 0 aromatic heterocycles. The smallest absolute Gasteiger partial charge is 0.0214 e. The highest BCUT2D eigenvalue weighted by Gasteiger charge is 2.46. The van der Waals surface area contributed by atoms with Crippen molar-refractivity contribution in [1.29, 1.82) is 0 Å². The molecule has 0 spiro atoms. The van der Waals surface area contributed by atoms with Crippen LogP contribution in [-0.2, 0) is 0 Å². The molecule has 0 aromatic carbocycles. The normalized spacial score (nSPS) is 21.3. The summed E-state index contributed by atoms with van der Waals surface area (Å²) >= 11 is 0. The lowest BCUT2D eigenvalue weighted by atomic mass is 10.1. The van der Waals surface area contributed by atoms with Gasteiger partial charge < -0.3 is 0 Å². The van der Waals surface area contributed by atoms with Gasteiger partial charge in [0.05, 0.1) is 0 Å². The fourth-order valence-electron chi connectivity index (χ4n) is 2.44. The van der Waals surface area contributed by atoms with Gasteiger partial charge in [0.2, 0.25) is 0 Å². The van der Waals surface area contributed by atoms with Crippen LogP contribution in [0.15, 0.2) is 11.0 Å². The summed E-state index contributed by atoms with van der Waals surface area (Å²) in [6, 6.07) is 0. The van der Waals surface area contributed by atoms with Crippen LogP contribution in [0.4, 0.5) is 0 Å². The van der Waals surface area contributed by atoms with Gasteiger partial charge >= 0.3 is 0 Å². The molecule has 1 rings (SSSR count). The zero-order valence-electron chi connectivity index (χ0n) is 11.4. The van der Waals surface area contributed by atoms with Crippen LogP contribution in [0.3, 0.4) is 0 Å². The molecule has 0 saturated heterocycles. The van der Waals surface area contributed by atoms with Crippen LogP contribution in [0.2, 0.25) is 0 Å². The van der Waals surface area contributed by atoms with Gasteiger partial charge in [-0.05, 0) is 54.9 Å². The van der Waals surface area contributed by atoms with Crippen LogP contribution in [0, 0.1) is 0 Å². The van der Waals surface area contributed by atoms with Crippen molar-refractivity contribution in [1.82, 2.24) is 0 Å². The number of allylic oxidation sites excluding steroid dienone is 2. The molecule has 0 amide bonds. The topological polar surface area (TPSA) is 0 Å². The lowest BCUT2D eigenvalue weighted by Crippen LogP contribution is -2.38. The molecule has 0 saturated carbocycles. The van der Waals surface area contributed by atoms with Gasteiger partial charge in [0.15, 0.2) is 0 Å². The highest BCUT2D eigenvalue weighted by Crippen LogP contribution is 2.86. The van der Waals surface area contributed by atoms with Crippen LogP contribution in [0.1, 0.15) is 45.4 Å². The fraction of sp³-hybridized carbons (Fsp3) is 0.857. The summed E-state index contributed by atoms with van der Waals surface area (Å²) in [6.07, 6.45) is 21.1. The molecule has 0 radical (unpaired) electrons.